The maximum Gasteiger partial charge on any atom is 0.120 e. The Morgan fingerprint density at radius 3 is 2.57 bits per heavy atom. The summed E-state index contributed by atoms with van der Waals surface area (Å²) in [6.45, 7) is 5.13. The number of hydrogen-bond donors (Lipinski definition) is 2. The smallest absolute Gasteiger partial charge is 0.120 e. The first-order chi connectivity index (χ1) is 10.1. The van der Waals surface area contributed by atoms with E-state index < -0.39 is 0 Å². The lowest BCUT2D eigenvalue weighted by molar-refractivity contribution is 0.445. The van der Waals surface area contributed by atoms with Crippen molar-refractivity contribution in [3.8, 4) is 5.75 Å². The third-order valence-corrected chi connectivity index (χ3v) is 4.63. The highest BCUT2D eigenvalue weighted by molar-refractivity contribution is 6.30. The predicted octanol–water partition coefficient (Wildman–Crippen LogP) is 4.69. The molecule has 1 aliphatic rings. The van der Waals surface area contributed by atoms with Gasteiger partial charge in [-0.05, 0) is 54.2 Å². The zero-order valence-electron chi connectivity index (χ0n) is 12.4. The second-order valence-electron chi connectivity index (χ2n) is 5.93. The molecule has 2 N–H and O–H groups in total. The molecule has 0 amide bonds. The minimum Gasteiger partial charge on any atom is -0.508 e. The molecule has 21 heavy (non-hydrogen) atoms. The average Bonchev–Trinajstić information content (AvgIpc) is 2.80. The van der Waals surface area contributed by atoms with Gasteiger partial charge in [-0.1, -0.05) is 36.7 Å². The summed E-state index contributed by atoms with van der Waals surface area (Å²) >= 11 is 5.91. The van der Waals surface area contributed by atoms with E-state index in [0.29, 0.717) is 11.7 Å². The van der Waals surface area contributed by atoms with E-state index in [9.17, 15) is 5.11 Å². The van der Waals surface area contributed by atoms with Gasteiger partial charge in [0.15, 0.2) is 0 Å². The fraction of sp³-hybridized carbons (Fsp3) is 0.333. The van der Waals surface area contributed by atoms with E-state index in [1.54, 1.807) is 0 Å². The topological polar surface area (TPSA) is 32.3 Å². The van der Waals surface area contributed by atoms with Crippen LogP contribution in [0.1, 0.15) is 47.6 Å². The van der Waals surface area contributed by atoms with Gasteiger partial charge in [-0.3, -0.25) is 0 Å². The Morgan fingerprint density at radius 1 is 1.14 bits per heavy atom. The molecular formula is C18H20ClNO. The number of phenolic OH excluding ortho intramolecular Hbond substituents is 1. The molecule has 0 heterocycles. The fourth-order valence-electron chi connectivity index (χ4n) is 3.37. The first kappa shape index (κ1) is 14.4. The Kier molecular flexibility index (Phi) is 3.92. The number of nitrogens with one attached hydrogen (secondary N) is 1. The van der Waals surface area contributed by atoms with Crippen molar-refractivity contribution in [2.75, 3.05) is 0 Å². The SMILES string of the molecule is Cc1ccc(O)c2c1C(C)CC2NCc1ccc(Cl)cc1. The van der Waals surface area contributed by atoms with E-state index in [4.69, 9.17) is 11.6 Å². The van der Waals surface area contributed by atoms with E-state index in [0.717, 1.165) is 23.6 Å². The van der Waals surface area contributed by atoms with Crippen molar-refractivity contribution in [2.45, 2.75) is 38.8 Å². The monoisotopic (exact) mass is 301 g/mol. The third-order valence-electron chi connectivity index (χ3n) is 4.38. The van der Waals surface area contributed by atoms with Crippen LogP contribution in [-0.4, -0.2) is 5.11 Å². The normalized spacial score (nSPS) is 20.5. The van der Waals surface area contributed by atoms with Gasteiger partial charge in [-0.15, -0.1) is 0 Å². The van der Waals surface area contributed by atoms with Crippen LogP contribution >= 0.6 is 11.6 Å². The summed E-state index contributed by atoms with van der Waals surface area (Å²) in [6, 6.07) is 11.9. The minimum absolute atomic E-state index is 0.213. The Balaban J connectivity index is 1.80. The van der Waals surface area contributed by atoms with Crippen LogP contribution in [0.3, 0.4) is 0 Å². The number of benzene rings is 2. The van der Waals surface area contributed by atoms with Gasteiger partial charge in [0.1, 0.15) is 5.75 Å². The molecule has 2 aromatic carbocycles. The van der Waals surface area contributed by atoms with Gasteiger partial charge in [0.2, 0.25) is 0 Å². The van der Waals surface area contributed by atoms with E-state index >= 15 is 0 Å². The number of rotatable bonds is 3. The molecule has 0 radical (unpaired) electrons. The number of aromatic hydroxyl groups is 1. The zero-order chi connectivity index (χ0) is 15.0. The third kappa shape index (κ3) is 2.78. The lowest BCUT2D eigenvalue weighted by atomic mass is 9.97. The van der Waals surface area contributed by atoms with Crippen molar-refractivity contribution in [3.05, 3.63) is 63.7 Å². The van der Waals surface area contributed by atoms with Crippen molar-refractivity contribution in [3.63, 3.8) is 0 Å². The second kappa shape index (κ2) is 5.70. The minimum atomic E-state index is 0.213. The molecule has 0 saturated heterocycles. The van der Waals surface area contributed by atoms with Crippen LogP contribution in [0.2, 0.25) is 5.02 Å². The lowest BCUT2D eigenvalue weighted by Crippen LogP contribution is -2.18. The molecule has 0 aliphatic heterocycles. The van der Waals surface area contributed by atoms with Crippen molar-refractivity contribution in [1.29, 1.82) is 0 Å². The molecule has 0 saturated carbocycles. The van der Waals surface area contributed by atoms with Crippen LogP contribution in [0.5, 0.6) is 5.75 Å². The number of aryl methyl sites for hydroxylation is 1. The molecule has 1 aliphatic carbocycles. The molecule has 0 spiro atoms. The Hall–Kier alpha value is -1.51. The van der Waals surface area contributed by atoms with Gasteiger partial charge in [0.25, 0.3) is 0 Å². The molecule has 2 nitrogen and oxygen atoms in total. The number of fused-ring (bicyclic) bond motifs is 1. The maximum absolute atomic E-state index is 10.2. The Bertz CT molecular complexity index is 651. The standard InChI is InChI=1S/C18H20ClNO/c1-11-3-8-16(21)18-15(9-12(2)17(11)18)20-10-13-4-6-14(19)7-5-13/h3-8,12,15,20-21H,9-10H2,1-2H3. The number of halogens is 1. The van der Waals surface area contributed by atoms with E-state index in [1.807, 2.05) is 36.4 Å². The highest BCUT2D eigenvalue weighted by Gasteiger charge is 2.31. The highest BCUT2D eigenvalue weighted by atomic mass is 35.5. The van der Waals surface area contributed by atoms with Crippen LogP contribution in [0.4, 0.5) is 0 Å². The van der Waals surface area contributed by atoms with Gasteiger partial charge in [0, 0.05) is 23.2 Å². The molecule has 2 unspecified atom stereocenters. The average molecular weight is 302 g/mol. The van der Waals surface area contributed by atoms with Gasteiger partial charge in [0.05, 0.1) is 0 Å². The summed E-state index contributed by atoms with van der Waals surface area (Å²) < 4.78 is 0. The largest absolute Gasteiger partial charge is 0.508 e. The van der Waals surface area contributed by atoms with Crippen molar-refractivity contribution < 1.29 is 5.11 Å². The Labute approximate surface area is 130 Å². The predicted molar refractivity (Wildman–Crippen MR) is 86.9 cm³/mol. The summed E-state index contributed by atoms with van der Waals surface area (Å²) in [7, 11) is 0. The fourth-order valence-corrected chi connectivity index (χ4v) is 3.50. The molecule has 2 atom stereocenters. The molecule has 3 rings (SSSR count). The van der Waals surface area contributed by atoms with Gasteiger partial charge in [-0.25, -0.2) is 0 Å². The van der Waals surface area contributed by atoms with E-state index in [-0.39, 0.29) is 6.04 Å². The van der Waals surface area contributed by atoms with Gasteiger partial charge < -0.3 is 10.4 Å². The van der Waals surface area contributed by atoms with Crippen LogP contribution in [0.25, 0.3) is 0 Å². The van der Waals surface area contributed by atoms with E-state index in [2.05, 4.69) is 19.2 Å². The quantitative estimate of drug-likeness (QED) is 0.862. The molecule has 0 bridgehead atoms. The maximum atomic E-state index is 10.2. The van der Waals surface area contributed by atoms with E-state index in [1.165, 1.54) is 16.7 Å². The number of phenols is 1. The van der Waals surface area contributed by atoms with Crippen LogP contribution in [0.15, 0.2) is 36.4 Å². The summed E-state index contributed by atoms with van der Waals surface area (Å²) in [5.74, 6) is 0.892. The van der Waals surface area contributed by atoms with Crippen LogP contribution in [-0.2, 0) is 6.54 Å². The second-order valence-corrected chi connectivity index (χ2v) is 6.36. The molecule has 2 aromatic rings. The summed E-state index contributed by atoms with van der Waals surface area (Å²) in [5, 5.41) is 14.5. The first-order valence-electron chi connectivity index (χ1n) is 7.36. The molecular weight excluding hydrogens is 282 g/mol. The Morgan fingerprint density at radius 2 is 1.86 bits per heavy atom. The summed E-state index contributed by atoms with van der Waals surface area (Å²) in [4.78, 5) is 0. The zero-order valence-corrected chi connectivity index (χ0v) is 13.1. The highest BCUT2D eigenvalue weighted by Crippen LogP contribution is 2.45. The van der Waals surface area contributed by atoms with Gasteiger partial charge >= 0.3 is 0 Å². The van der Waals surface area contributed by atoms with Gasteiger partial charge in [-0.2, -0.15) is 0 Å². The molecule has 0 aromatic heterocycles. The first-order valence-corrected chi connectivity index (χ1v) is 7.74. The number of hydrogen-bond acceptors (Lipinski definition) is 2. The van der Waals surface area contributed by atoms with Crippen LogP contribution < -0.4 is 5.32 Å². The molecule has 3 heteroatoms. The van der Waals surface area contributed by atoms with Crippen LogP contribution in [0, 0.1) is 6.92 Å². The lowest BCUT2D eigenvalue weighted by Gasteiger charge is -2.16. The van der Waals surface area contributed by atoms with Crippen molar-refractivity contribution in [1.82, 2.24) is 5.32 Å². The van der Waals surface area contributed by atoms with Crippen molar-refractivity contribution >= 4 is 11.6 Å². The summed E-state index contributed by atoms with van der Waals surface area (Å²) in [5.41, 5.74) is 4.86. The summed E-state index contributed by atoms with van der Waals surface area (Å²) in [6.07, 6.45) is 1.03. The van der Waals surface area contributed by atoms with Crippen molar-refractivity contribution in [2.24, 2.45) is 0 Å². The molecule has 110 valence electrons. The molecule has 0 fully saturated rings.